The highest BCUT2D eigenvalue weighted by atomic mass is 32.1. The van der Waals surface area contributed by atoms with Crippen LogP contribution in [0.3, 0.4) is 0 Å². The van der Waals surface area contributed by atoms with Crippen molar-refractivity contribution >= 4 is 39.0 Å². The topological polar surface area (TPSA) is 85.0 Å². The van der Waals surface area contributed by atoms with E-state index in [1.165, 1.54) is 21.9 Å². The Balaban J connectivity index is 1.34. The van der Waals surface area contributed by atoms with Crippen LogP contribution >= 0.6 is 11.3 Å². The second-order valence-electron chi connectivity index (χ2n) is 10.4. The van der Waals surface area contributed by atoms with Crippen LogP contribution in [-0.2, 0) is 0 Å². The van der Waals surface area contributed by atoms with E-state index >= 15 is 4.39 Å². The van der Waals surface area contributed by atoms with E-state index in [4.69, 9.17) is 4.74 Å². The molecule has 0 atom stereocenters. The highest BCUT2D eigenvalue weighted by Crippen LogP contribution is 2.39. The third-order valence-corrected chi connectivity index (χ3v) is 8.69. The monoisotopic (exact) mass is 558 g/mol. The molecule has 4 heterocycles. The van der Waals surface area contributed by atoms with E-state index in [1.807, 2.05) is 35.2 Å². The molecular formula is C29H27FN6O3S. The maximum Gasteiger partial charge on any atom is 0.291 e. The molecule has 2 aromatic carbocycles. The van der Waals surface area contributed by atoms with Gasteiger partial charge in [-0.25, -0.2) is 4.39 Å². The average molecular weight is 559 g/mol. The SMILES string of the molecule is COc1ccccc1/C=c1\sc2nc(-c3cn(C4CC4)c4cc(N5CCN(C)CC5)c(F)cc4c3=O)nn2c1=O. The number of hydrogen-bond donors (Lipinski definition) is 0. The summed E-state index contributed by atoms with van der Waals surface area (Å²) in [6.45, 7) is 3.17. The third-order valence-electron chi connectivity index (χ3n) is 7.73. The number of methoxy groups -OCH3 is 1. The van der Waals surface area contributed by atoms with Gasteiger partial charge in [-0.1, -0.05) is 29.5 Å². The van der Waals surface area contributed by atoms with Crippen molar-refractivity contribution in [1.82, 2.24) is 24.1 Å². The summed E-state index contributed by atoms with van der Waals surface area (Å²) in [6.07, 6.45) is 5.49. The predicted molar refractivity (Wildman–Crippen MR) is 154 cm³/mol. The summed E-state index contributed by atoms with van der Waals surface area (Å²) in [7, 11) is 3.64. The Morgan fingerprint density at radius 3 is 2.60 bits per heavy atom. The number of thiazole rings is 1. The van der Waals surface area contributed by atoms with Crippen LogP contribution in [0.1, 0.15) is 24.4 Å². The number of rotatable bonds is 5. The number of halogens is 1. The van der Waals surface area contributed by atoms with Crippen LogP contribution in [0.25, 0.3) is 33.3 Å². The van der Waals surface area contributed by atoms with Gasteiger partial charge in [0.05, 0.1) is 28.4 Å². The molecule has 1 saturated heterocycles. The molecule has 9 nitrogen and oxygen atoms in total. The number of nitrogens with zero attached hydrogens (tertiary/aromatic N) is 6. The number of aromatic nitrogens is 4. The zero-order chi connectivity index (χ0) is 27.5. The van der Waals surface area contributed by atoms with Gasteiger partial charge in [-0.15, -0.1) is 5.10 Å². The molecule has 2 aliphatic rings. The molecule has 0 bridgehead atoms. The standard InChI is InChI=1S/C29H27FN6O3S/c1-33-9-11-34(12-10-33)23-15-22-19(14-21(23)30)26(37)20(16-35(22)18-7-8-18)27-31-29-36(32-27)28(38)25(40-29)13-17-5-3-4-6-24(17)39-2/h3-6,13-16,18H,7-12H2,1-2H3/b25-13-. The Kier molecular flexibility index (Phi) is 5.93. The molecule has 1 aliphatic heterocycles. The van der Waals surface area contributed by atoms with E-state index in [1.54, 1.807) is 19.4 Å². The number of likely N-dealkylation sites (N-methyl/N-ethyl adjacent to an activating group) is 1. The highest BCUT2D eigenvalue weighted by molar-refractivity contribution is 7.15. The van der Waals surface area contributed by atoms with Crippen molar-refractivity contribution in [2.45, 2.75) is 18.9 Å². The summed E-state index contributed by atoms with van der Waals surface area (Å²) >= 11 is 1.19. The molecule has 11 heteroatoms. The first-order valence-corrected chi connectivity index (χ1v) is 14.1. The lowest BCUT2D eigenvalue weighted by Gasteiger charge is -2.34. The molecule has 5 aromatic rings. The van der Waals surface area contributed by atoms with E-state index in [9.17, 15) is 9.59 Å². The van der Waals surface area contributed by atoms with E-state index in [0.29, 0.717) is 31.8 Å². The van der Waals surface area contributed by atoms with Gasteiger partial charge in [0, 0.05) is 49.4 Å². The number of fused-ring (bicyclic) bond motifs is 2. The Morgan fingerprint density at radius 2 is 1.88 bits per heavy atom. The number of anilines is 1. The summed E-state index contributed by atoms with van der Waals surface area (Å²) < 4.78 is 24.6. The second kappa shape index (κ2) is 9.53. The van der Waals surface area contributed by atoms with Crippen LogP contribution < -0.4 is 25.2 Å². The van der Waals surface area contributed by atoms with Crippen molar-refractivity contribution in [3.05, 3.63) is 79.1 Å². The summed E-state index contributed by atoms with van der Waals surface area (Å²) in [5, 5.41) is 4.73. The number of hydrogen-bond acceptors (Lipinski definition) is 8. The van der Waals surface area contributed by atoms with Crippen molar-refractivity contribution < 1.29 is 9.13 Å². The molecule has 0 N–H and O–H groups in total. The number of para-hydroxylation sites is 1. The molecule has 40 heavy (non-hydrogen) atoms. The molecule has 0 radical (unpaired) electrons. The molecule has 204 valence electrons. The van der Waals surface area contributed by atoms with Gasteiger partial charge in [0.2, 0.25) is 10.4 Å². The van der Waals surface area contributed by atoms with Crippen LogP contribution in [0.4, 0.5) is 10.1 Å². The van der Waals surface area contributed by atoms with Gasteiger partial charge in [0.25, 0.3) is 5.56 Å². The number of benzene rings is 2. The van der Waals surface area contributed by atoms with Crippen molar-refractivity contribution in [2.75, 3.05) is 45.2 Å². The summed E-state index contributed by atoms with van der Waals surface area (Å²) in [5.74, 6) is 0.407. The van der Waals surface area contributed by atoms with Crippen LogP contribution in [0.2, 0.25) is 0 Å². The van der Waals surface area contributed by atoms with Crippen LogP contribution in [0.15, 0.2) is 52.2 Å². The van der Waals surface area contributed by atoms with E-state index in [2.05, 4.69) is 26.6 Å². The number of ether oxygens (including phenoxy) is 1. The molecule has 3 aromatic heterocycles. The van der Waals surface area contributed by atoms with Gasteiger partial charge in [-0.2, -0.15) is 9.50 Å². The molecule has 7 rings (SSSR count). The van der Waals surface area contributed by atoms with Crippen molar-refractivity contribution in [2.24, 2.45) is 0 Å². The highest BCUT2D eigenvalue weighted by Gasteiger charge is 2.28. The smallest absolute Gasteiger partial charge is 0.291 e. The largest absolute Gasteiger partial charge is 0.496 e. The quantitative estimate of drug-likeness (QED) is 0.328. The fraction of sp³-hybridized carbons (Fsp3) is 0.310. The Morgan fingerprint density at radius 1 is 1.10 bits per heavy atom. The lowest BCUT2D eigenvalue weighted by molar-refractivity contribution is 0.312. The molecule has 1 aliphatic carbocycles. The third kappa shape index (κ3) is 4.16. The zero-order valence-electron chi connectivity index (χ0n) is 22.1. The predicted octanol–water partition coefficient (Wildman–Crippen LogP) is 2.92. The fourth-order valence-electron chi connectivity index (χ4n) is 5.34. The Bertz CT molecular complexity index is 1950. The number of piperazine rings is 1. The van der Waals surface area contributed by atoms with Crippen molar-refractivity contribution in [3.63, 3.8) is 0 Å². The van der Waals surface area contributed by atoms with Gasteiger partial charge in [0.15, 0.2) is 5.82 Å². The summed E-state index contributed by atoms with van der Waals surface area (Å²) in [6, 6.07) is 10.8. The van der Waals surface area contributed by atoms with E-state index in [-0.39, 0.29) is 28.4 Å². The lowest BCUT2D eigenvalue weighted by Crippen LogP contribution is -2.44. The lowest BCUT2D eigenvalue weighted by atomic mass is 10.1. The summed E-state index contributed by atoms with van der Waals surface area (Å²) in [5.41, 5.74) is 1.60. The molecule has 0 spiro atoms. The molecular weight excluding hydrogens is 531 g/mol. The fourth-order valence-corrected chi connectivity index (χ4v) is 6.24. The van der Waals surface area contributed by atoms with Crippen LogP contribution in [-0.4, -0.2) is 64.4 Å². The minimum Gasteiger partial charge on any atom is -0.496 e. The minimum atomic E-state index is -0.411. The maximum atomic E-state index is 15.4. The van der Waals surface area contributed by atoms with E-state index < -0.39 is 5.82 Å². The number of pyridine rings is 1. The van der Waals surface area contributed by atoms with Gasteiger partial charge in [-0.05, 0) is 44.2 Å². The maximum absolute atomic E-state index is 15.4. The van der Waals surface area contributed by atoms with Crippen molar-refractivity contribution in [1.29, 1.82) is 0 Å². The molecule has 0 unspecified atom stereocenters. The first kappa shape index (κ1) is 24.9. The Hall–Kier alpha value is -4.09. The van der Waals surface area contributed by atoms with Crippen LogP contribution in [0.5, 0.6) is 5.75 Å². The summed E-state index contributed by atoms with van der Waals surface area (Å²) in [4.78, 5) is 36.1. The van der Waals surface area contributed by atoms with Gasteiger partial charge >= 0.3 is 0 Å². The molecule has 2 fully saturated rings. The zero-order valence-corrected chi connectivity index (χ0v) is 22.9. The van der Waals surface area contributed by atoms with Gasteiger partial charge in [-0.3, -0.25) is 9.59 Å². The minimum absolute atomic E-state index is 0.164. The van der Waals surface area contributed by atoms with E-state index in [0.717, 1.165) is 44.6 Å². The van der Waals surface area contributed by atoms with Crippen molar-refractivity contribution in [3.8, 4) is 17.1 Å². The first-order valence-electron chi connectivity index (χ1n) is 13.3. The van der Waals surface area contributed by atoms with Gasteiger partial charge < -0.3 is 19.1 Å². The second-order valence-corrected chi connectivity index (χ2v) is 11.4. The van der Waals surface area contributed by atoms with Gasteiger partial charge in [0.1, 0.15) is 11.6 Å². The normalized spacial score (nSPS) is 16.9. The molecule has 0 amide bonds. The van der Waals surface area contributed by atoms with Crippen LogP contribution in [0, 0.1) is 5.82 Å². The Labute approximate surface area is 232 Å². The molecule has 1 saturated carbocycles. The first-order chi connectivity index (χ1) is 19.4. The average Bonchev–Trinajstić information content (AvgIpc) is 3.66.